The number of rotatable bonds is 7. The fourth-order valence-electron chi connectivity index (χ4n) is 8.53. The van der Waals surface area contributed by atoms with Gasteiger partial charge in [0.05, 0.1) is 6.10 Å². The third-order valence-corrected chi connectivity index (χ3v) is 11.2. The van der Waals surface area contributed by atoms with Crippen molar-refractivity contribution in [3.05, 3.63) is 83.0 Å². The van der Waals surface area contributed by atoms with E-state index in [9.17, 15) is 24.3 Å². The highest BCUT2D eigenvalue weighted by Gasteiger charge is 2.69. The number of ether oxygens (including phenoxy) is 5. The van der Waals surface area contributed by atoms with Crippen LogP contribution in [0.15, 0.2) is 71.9 Å². The molecule has 1 amide bonds. The van der Waals surface area contributed by atoms with Crippen LogP contribution in [0.5, 0.6) is 0 Å². The van der Waals surface area contributed by atoms with Crippen LogP contribution in [0.1, 0.15) is 51.7 Å². The summed E-state index contributed by atoms with van der Waals surface area (Å²) in [5, 5.41) is 14.5. The summed E-state index contributed by atoms with van der Waals surface area (Å²) in [6, 6.07) is 7.55. The van der Waals surface area contributed by atoms with Gasteiger partial charge in [-0.15, -0.1) is 0 Å². The molecule has 1 aromatic carbocycles. The van der Waals surface area contributed by atoms with Crippen LogP contribution >= 0.6 is 0 Å². The molecule has 1 saturated carbocycles. The summed E-state index contributed by atoms with van der Waals surface area (Å²) >= 11 is 0. The van der Waals surface area contributed by atoms with E-state index in [-0.39, 0.29) is 30.7 Å². The molecular weight excluding hydrogens is 642 g/mol. The minimum atomic E-state index is -1.09. The smallest absolute Gasteiger partial charge is 0.397 e. The minimum Gasteiger partial charge on any atom is -0.456 e. The molecule has 3 aliphatic carbocycles. The van der Waals surface area contributed by atoms with Gasteiger partial charge in [-0.05, 0) is 44.7 Å². The second-order valence-electron chi connectivity index (χ2n) is 14.4. The van der Waals surface area contributed by atoms with Crippen LogP contribution < -0.4 is 5.32 Å². The highest BCUT2D eigenvalue weighted by molar-refractivity contribution is 6.32. The van der Waals surface area contributed by atoms with Crippen molar-refractivity contribution in [2.24, 2.45) is 29.6 Å². The van der Waals surface area contributed by atoms with Crippen molar-refractivity contribution in [3.63, 3.8) is 0 Å². The van der Waals surface area contributed by atoms with Crippen molar-refractivity contribution in [1.82, 2.24) is 5.32 Å². The first-order chi connectivity index (χ1) is 23.8. The summed E-state index contributed by atoms with van der Waals surface area (Å²) < 4.78 is 30.3. The molecule has 2 N–H and O–H groups in total. The maximum Gasteiger partial charge on any atom is 0.397 e. The van der Waals surface area contributed by atoms with Gasteiger partial charge in [-0.1, -0.05) is 80.1 Å². The SMILES string of the molecule is CO[C@H]1C[C@H]2C=CC3C4C(O)[C@@H](C)[C@@H](OC(=O)C5=CC=CC5)[C@@H]3O[C@]42/C(C)=C/[C@@H](C)[C@@H]([C@@H](C)OC(=O)C(=O)NCc2ccc(C)cc2)OC1=O. The zero-order chi connectivity index (χ0) is 35.9. The van der Waals surface area contributed by atoms with Crippen LogP contribution in [0.2, 0.25) is 0 Å². The molecule has 12 atom stereocenters. The van der Waals surface area contributed by atoms with E-state index >= 15 is 0 Å². The van der Waals surface area contributed by atoms with E-state index in [1.807, 2.05) is 82.3 Å². The van der Waals surface area contributed by atoms with Gasteiger partial charge in [-0.25, -0.2) is 14.4 Å². The van der Waals surface area contributed by atoms with Gasteiger partial charge in [0, 0.05) is 48.8 Å². The van der Waals surface area contributed by atoms with Gasteiger partial charge in [-0.3, -0.25) is 4.79 Å². The number of cyclic esters (lactones) is 1. The van der Waals surface area contributed by atoms with Crippen LogP contribution in [0.4, 0.5) is 0 Å². The number of esters is 3. The van der Waals surface area contributed by atoms with Gasteiger partial charge in [0.1, 0.15) is 30.0 Å². The largest absolute Gasteiger partial charge is 0.456 e. The molecule has 11 heteroatoms. The second-order valence-corrected chi connectivity index (χ2v) is 14.4. The summed E-state index contributed by atoms with van der Waals surface area (Å²) in [6.45, 7) is 9.33. The highest BCUT2D eigenvalue weighted by atomic mass is 16.6. The van der Waals surface area contributed by atoms with Crippen LogP contribution in [0.25, 0.3) is 0 Å². The predicted octanol–water partition coefficient (Wildman–Crippen LogP) is 3.82. The van der Waals surface area contributed by atoms with E-state index in [1.165, 1.54) is 7.11 Å². The zero-order valence-corrected chi connectivity index (χ0v) is 29.4. The summed E-state index contributed by atoms with van der Waals surface area (Å²) in [6.07, 6.45) is 7.01. The number of aliphatic hydroxyl groups is 1. The molecule has 1 saturated heterocycles. The molecule has 4 bridgehead atoms. The molecule has 11 nitrogen and oxygen atoms in total. The van der Waals surface area contributed by atoms with Gasteiger partial charge in [0.15, 0.2) is 6.10 Å². The molecule has 1 aromatic rings. The molecule has 3 unspecified atom stereocenters. The van der Waals surface area contributed by atoms with Gasteiger partial charge < -0.3 is 34.1 Å². The fraction of sp³-hybridized carbons (Fsp3) is 0.538. The first kappa shape index (κ1) is 35.8. The quantitative estimate of drug-likeness (QED) is 0.188. The van der Waals surface area contributed by atoms with Crippen LogP contribution in [0, 0.1) is 36.5 Å². The van der Waals surface area contributed by atoms with E-state index < -0.39 is 77.9 Å². The average Bonchev–Trinajstić information content (AvgIpc) is 3.70. The lowest BCUT2D eigenvalue weighted by atomic mass is 9.57. The van der Waals surface area contributed by atoms with Crippen molar-refractivity contribution in [3.8, 4) is 0 Å². The molecule has 0 aromatic heterocycles. The summed E-state index contributed by atoms with van der Waals surface area (Å²) in [5.74, 6) is -5.01. The Morgan fingerprint density at radius 2 is 1.86 bits per heavy atom. The molecule has 2 heterocycles. The maximum absolute atomic E-state index is 13.7. The van der Waals surface area contributed by atoms with E-state index in [0.29, 0.717) is 12.0 Å². The molecule has 1 spiro atoms. The minimum absolute atomic E-state index is 0.148. The Bertz CT molecular complexity index is 1630. The Morgan fingerprint density at radius 3 is 2.54 bits per heavy atom. The van der Waals surface area contributed by atoms with Gasteiger partial charge in [-0.2, -0.15) is 0 Å². The molecule has 50 heavy (non-hydrogen) atoms. The number of hydrogen-bond acceptors (Lipinski definition) is 10. The molecule has 2 aliphatic heterocycles. The number of aliphatic hydroxyl groups excluding tert-OH is 1. The van der Waals surface area contributed by atoms with E-state index in [4.69, 9.17) is 23.7 Å². The Hall–Kier alpha value is -4.06. The maximum atomic E-state index is 13.7. The average molecular weight is 690 g/mol. The van der Waals surface area contributed by atoms with E-state index in [0.717, 1.165) is 16.7 Å². The fourth-order valence-corrected chi connectivity index (χ4v) is 8.53. The number of allylic oxidation sites excluding steroid dienone is 3. The summed E-state index contributed by atoms with van der Waals surface area (Å²) in [4.78, 5) is 52.4. The van der Waals surface area contributed by atoms with Gasteiger partial charge in [0.25, 0.3) is 0 Å². The number of benzene rings is 1. The Balaban J connectivity index is 1.25. The first-order valence-electron chi connectivity index (χ1n) is 17.4. The van der Waals surface area contributed by atoms with Crippen LogP contribution in [-0.4, -0.2) is 78.3 Å². The summed E-state index contributed by atoms with van der Waals surface area (Å²) in [5.41, 5.74) is 2.22. The lowest BCUT2D eigenvalue weighted by Gasteiger charge is -2.49. The van der Waals surface area contributed by atoms with Crippen molar-refractivity contribution in [1.29, 1.82) is 0 Å². The van der Waals surface area contributed by atoms with Crippen molar-refractivity contribution in [2.45, 2.75) is 96.2 Å². The third kappa shape index (κ3) is 6.47. The molecule has 2 fully saturated rings. The monoisotopic (exact) mass is 689 g/mol. The molecule has 5 aliphatic rings. The second kappa shape index (κ2) is 14.3. The van der Waals surface area contributed by atoms with E-state index in [1.54, 1.807) is 13.0 Å². The summed E-state index contributed by atoms with van der Waals surface area (Å²) in [7, 11) is 1.43. The highest BCUT2D eigenvalue weighted by Crippen LogP contribution is 2.61. The normalized spacial score (nSPS) is 37.4. The number of nitrogens with one attached hydrogen (secondary N) is 1. The zero-order valence-electron chi connectivity index (χ0n) is 29.4. The first-order valence-corrected chi connectivity index (χ1v) is 17.4. The number of amides is 1. The molecular formula is C39H47NO10. The molecule has 6 rings (SSSR count). The predicted molar refractivity (Wildman–Crippen MR) is 181 cm³/mol. The number of carbonyl (C=O) groups is 4. The van der Waals surface area contributed by atoms with Crippen LogP contribution in [0.3, 0.4) is 0 Å². The molecule has 0 radical (unpaired) electrons. The Morgan fingerprint density at radius 1 is 1.12 bits per heavy atom. The number of methoxy groups -OCH3 is 1. The topological polar surface area (TPSA) is 147 Å². The Kier molecular flexibility index (Phi) is 10.2. The van der Waals surface area contributed by atoms with Crippen molar-refractivity contribution in [2.75, 3.05) is 7.11 Å². The van der Waals surface area contributed by atoms with Crippen LogP contribution in [-0.2, 0) is 49.4 Å². The lowest BCUT2D eigenvalue weighted by molar-refractivity contribution is -0.180. The third-order valence-electron chi connectivity index (χ3n) is 11.2. The van der Waals surface area contributed by atoms with Crippen molar-refractivity contribution >= 4 is 23.8 Å². The number of carbonyl (C=O) groups excluding carboxylic acids is 4. The lowest BCUT2D eigenvalue weighted by Crippen LogP contribution is -2.57. The van der Waals surface area contributed by atoms with E-state index in [2.05, 4.69) is 5.32 Å². The molecule has 268 valence electrons. The number of aryl methyl sites for hydroxylation is 1. The van der Waals surface area contributed by atoms with Gasteiger partial charge >= 0.3 is 23.8 Å². The van der Waals surface area contributed by atoms with Gasteiger partial charge in [0.2, 0.25) is 0 Å². The number of hydrogen-bond donors (Lipinski definition) is 2. The van der Waals surface area contributed by atoms with Crippen molar-refractivity contribution < 1.29 is 48.0 Å². The standard InChI is InChI=1S/C39H47NO10/c1-20-11-13-25(14-12-20)19-40-35(42)38(45)47-24(5)32-21(2)17-22(3)39-27(18-29(46-6)37(44)48-32)15-16-28-30(39)31(41)23(4)33(34(28)50-39)49-36(43)26-9-7-8-10-26/h7-9,11-17,21,23-24,27-34,41H,10,18-19H2,1-6H3,(H,40,42)/b22-17+/t21-,23-,24-,27-,28?,29+,30?,31?,32+,33-,34-,39+/m1/s1. The Labute approximate surface area is 292 Å².